The molecule has 0 spiro atoms. The van der Waals surface area contributed by atoms with Gasteiger partial charge in [0.15, 0.2) is 0 Å². The summed E-state index contributed by atoms with van der Waals surface area (Å²) in [6.45, 7) is 1.94. The molecule has 0 unspecified atom stereocenters. The van der Waals surface area contributed by atoms with E-state index in [1.807, 2.05) is 0 Å². The predicted molar refractivity (Wildman–Crippen MR) is 89.4 cm³/mol. The molecule has 0 fully saturated rings. The summed E-state index contributed by atoms with van der Waals surface area (Å²) in [5, 5.41) is 2.67. The molecule has 0 bridgehead atoms. The first-order valence-electron chi connectivity index (χ1n) is 6.92. The number of amides is 1. The van der Waals surface area contributed by atoms with E-state index < -0.39 is 5.97 Å². The molecule has 0 saturated heterocycles. The molecule has 0 aliphatic carbocycles. The minimum atomic E-state index is -0.411. The van der Waals surface area contributed by atoms with Crippen molar-refractivity contribution in [2.45, 2.75) is 13.5 Å². The summed E-state index contributed by atoms with van der Waals surface area (Å²) in [5.74, 6) is -0.750. The SMILES string of the molecule is CCOC(=O)c1ccc(NC(=O)Cn2cc(Br)ccc2=O)cc1. The number of aromatic nitrogens is 1. The predicted octanol–water partition coefficient (Wildman–Crippen LogP) is 2.43. The van der Waals surface area contributed by atoms with Crippen LogP contribution in [0, 0.1) is 0 Å². The third-order valence-corrected chi connectivity index (χ3v) is 3.41. The Morgan fingerprint density at radius 1 is 1.17 bits per heavy atom. The fourth-order valence-corrected chi connectivity index (χ4v) is 2.26. The summed E-state index contributed by atoms with van der Waals surface area (Å²) in [5.41, 5.74) is 0.681. The number of nitrogens with one attached hydrogen (secondary N) is 1. The smallest absolute Gasteiger partial charge is 0.338 e. The van der Waals surface area contributed by atoms with E-state index in [1.165, 1.54) is 10.6 Å². The lowest BCUT2D eigenvalue weighted by atomic mass is 10.2. The van der Waals surface area contributed by atoms with E-state index in [-0.39, 0.29) is 18.0 Å². The molecule has 2 aromatic rings. The molecule has 0 aliphatic rings. The highest BCUT2D eigenvalue weighted by atomic mass is 79.9. The van der Waals surface area contributed by atoms with Gasteiger partial charge in [-0.25, -0.2) is 4.79 Å². The molecule has 6 nitrogen and oxygen atoms in total. The monoisotopic (exact) mass is 378 g/mol. The van der Waals surface area contributed by atoms with E-state index in [0.717, 1.165) is 0 Å². The Bertz CT molecular complexity index is 768. The number of rotatable bonds is 5. The summed E-state index contributed by atoms with van der Waals surface area (Å²) >= 11 is 3.25. The van der Waals surface area contributed by atoms with Crippen molar-refractivity contribution in [3.63, 3.8) is 0 Å². The number of carbonyl (C=O) groups excluding carboxylic acids is 2. The van der Waals surface area contributed by atoms with E-state index in [0.29, 0.717) is 22.3 Å². The van der Waals surface area contributed by atoms with Crippen LogP contribution in [-0.4, -0.2) is 23.1 Å². The minimum absolute atomic E-state index is 0.0993. The number of halogens is 1. The third kappa shape index (κ3) is 4.79. The van der Waals surface area contributed by atoms with Crippen LogP contribution in [0.1, 0.15) is 17.3 Å². The van der Waals surface area contributed by atoms with Gasteiger partial charge in [0.05, 0.1) is 12.2 Å². The van der Waals surface area contributed by atoms with Gasteiger partial charge in [0.25, 0.3) is 5.56 Å². The van der Waals surface area contributed by atoms with Gasteiger partial charge < -0.3 is 14.6 Å². The zero-order valence-electron chi connectivity index (χ0n) is 12.4. The average molecular weight is 379 g/mol. The van der Waals surface area contributed by atoms with Gasteiger partial charge in [-0.3, -0.25) is 9.59 Å². The molecule has 1 heterocycles. The van der Waals surface area contributed by atoms with Crippen LogP contribution in [0.3, 0.4) is 0 Å². The van der Waals surface area contributed by atoms with Gasteiger partial charge in [-0.1, -0.05) is 0 Å². The summed E-state index contributed by atoms with van der Waals surface area (Å²) in [6, 6.07) is 9.34. The van der Waals surface area contributed by atoms with Gasteiger partial charge >= 0.3 is 5.97 Å². The molecule has 0 aliphatic heterocycles. The number of anilines is 1. The number of carbonyl (C=O) groups is 2. The second-order valence-electron chi connectivity index (χ2n) is 4.66. The lowest BCUT2D eigenvalue weighted by molar-refractivity contribution is -0.116. The van der Waals surface area contributed by atoms with Crippen LogP contribution >= 0.6 is 15.9 Å². The van der Waals surface area contributed by atoms with Crippen molar-refractivity contribution >= 4 is 33.5 Å². The van der Waals surface area contributed by atoms with E-state index in [9.17, 15) is 14.4 Å². The van der Waals surface area contributed by atoms with Crippen molar-refractivity contribution in [2.24, 2.45) is 0 Å². The molecule has 0 atom stereocenters. The van der Waals surface area contributed by atoms with Crippen LogP contribution in [0.2, 0.25) is 0 Å². The Balaban J connectivity index is 2.01. The Kier molecular flexibility index (Phi) is 5.70. The van der Waals surface area contributed by atoms with E-state index in [1.54, 1.807) is 43.5 Å². The van der Waals surface area contributed by atoms with Crippen molar-refractivity contribution in [2.75, 3.05) is 11.9 Å². The fraction of sp³-hybridized carbons (Fsp3) is 0.188. The van der Waals surface area contributed by atoms with Crippen molar-refractivity contribution in [1.29, 1.82) is 0 Å². The molecule has 23 heavy (non-hydrogen) atoms. The Morgan fingerprint density at radius 3 is 2.52 bits per heavy atom. The third-order valence-electron chi connectivity index (χ3n) is 2.94. The zero-order chi connectivity index (χ0) is 16.8. The van der Waals surface area contributed by atoms with Crippen LogP contribution in [-0.2, 0) is 16.1 Å². The number of nitrogens with zero attached hydrogens (tertiary/aromatic N) is 1. The van der Waals surface area contributed by atoms with Crippen LogP contribution < -0.4 is 10.9 Å². The lowest BCUT2D eigenvalue weighted by Gasteiger charge is -2.08. The quantitative estimate of drug-likeness (QED) is 0.810. The standard InChI is InChI=1S/C16H15BrN2O4/c1-2-23-16(22)11-3-6-13(7-4-11)18-14(20)10-19-9-12(17)5-8-15(19)21/h3-9H,2,10H2,1H3,(H,18,20). The first-order chi connectivity index (χ1) is 11.0. The van der Waals surface area contributed by atoms with Gasteiger partial charge in [0.1, 0.15) is 6.54 Å². The second-order valence-corrected chi connectivity index (χ2v) is 5.58. The number of hydrogen-bond acceptors (Lipinski definition) is 4. The normalized spacial score (nSPS) is 10.2. The number of benzene rings is 1. The van der Waals surface area contributed by atoms with E-state index in [4.69, 9.17) is 4.74 Å². The second kappa shape index (κ2) is 7.73. The van der Waals surface area contributed by atoms with Crippen molar-refractivity contribution in [3.8, 4) is 0 Å². The number of ether oxygens (including phenoxy) is 1. The maximum absolute atomic E-state index is 12.0. The topological polar surface area (TPSA) is 77.4 Å². The maximum Gasteiger partial charge on any atom is 0.338 e. The minimum Gasteiger partial charge on any atom is -0.462 e. The molecule has 2 rings (SSSR count). The molecule has 1 aromatic heterocycles. The maximum atomic E-state index is 12.0. The number of esters is 1. The van der Waals surface area contributed by atoms with Crippen LogP contribution in [0.25, 0.3) is 0 Å². The van der Waals surface area contributed by atoms with Crippen LogP contribution in [0.4, 0.5) is 5.69 Å². The zero-order valence-corrected chi connectivity index (χ0v) is 14.0. The van der Waals surface area contributed by atoms with Gasteiger partial charge in [0.2, 0.25) is 5.91 Å². The molecule has 1 aromatic carbocycles. The molecule has 120 valence electrons. The summed E-state index contributed by atoms with van der Waals surface area (Å²) in [6.07, 6.45) is 1.55. The van der Waals surface area contributed by atoms with Crippen LogP contribution in [0.15, 0.2) is 51.9 Å². The van der Waals surface area contributed by atoms with Crippen molar-refractivity contribution in [3.05, 3.63) is 63.0 Å². The van der Waals surface area contributed by atoms with Gasteiger partial charge in [-0.2, -0.15) is 0 Å². The molecule has 1 amide bonds. The summed E-state index contributed by atoms with van der Waals surface area (Å²) < 4.78 is 6.89. The molecular formula is C16H15BrN2O4. The molecule has 1 N–H and O–H groups in total. The highest BCUT2D eigenvalue weighted by Crippen LogP contribution is 2.11. The largest absolute Gasteiger partial charge is 0.462 e. The van der Waals surface area contributed by atoms with Gasteiger partial charge in [0, 0.05) is 22.4 Å². The molecule has 0 radical (unpaired) electrons. The van der Waals surface area contributed by atoms with Gasteiger partial charge in [-0.15, -0.1) is 0 Å². The van der Waals surface area contributed by atoms with Gasteiger partial charge in [-0.05, 0) is 53.2 Å². The highest BCUT2D eigenvalue weighted by Gasteiger charge is 2.08. The fourth-order valence-electron chi connectivity index (χ4n) is 1.89. The summed E-state index contributed by atoms with van der Waals surface area (Å²) in [7, 11) is 0. The van der Waals surface area contributed by atoms with E-state index >= 15 is 0 Å². The average Bonchev–Trinajstić information content (AvgIpc) is 2.52. The molecular weight excluding hydrogens is 364 g/mol. The number of hydrogen-bond donors (Lipinski definition) is 1. The number of pyridine rings is 1. The Morgan fingerprint density at radius 2 is 1.87 bits per heavy atom. The summed E-state index contributed by atoms with van der Waals surface area (Å²) in [4.78, 5) is 35.2. The van der Waals surface area contributed by atoms with E-state index in [2.05, 4.69) is 21.2 Å². The highest BCUT2D eigenvalue weighted by molar-refractivity contribution is 9.10. The molecule has 0 saturated carbocycles. The molecule has 7 heteroatoms. The first-order valence-corrected chi connectivity index (χ1v) is 7.72. The van der Waals surface area contributed by atoms with Crippen LogP contribution in [0.5, 0.6) is 0 Å². The Hall–Kier alpha value is -2.41. The first kappa shape index (κ1) is 17.0. The van der Waals surface area contributed by atoms with Crippen molar-refractivity contribution < 1.29 is 14.3 Å². The van der Waals surface area contributed by atoms with Crippen molar-refractivity contribution in [1.82, 2.24) is 4.57 Å². The lowest BCUT2D eigenvalue weighted by Crippen LogP contribution is -2.26. The Labute approximate surface area is 141 Å².